The highest BCUT2D eigenvalue weighted by molar-refractivity contribution is 9.10. The third-order valence-corrected chi connectivity index (χ3v) is 4.18. The number of nitrogens with one attached hydrogen (secondary N) is 1. The number of hydrogen-bond donors (Lipinski definition) is 1. The highest BCUT2D eigenvalue weighted by Crippen LogP contribution is 2.20. The summed E-state index contributed by atoms with van der Waals surface area (Å²) in [5.41, 5.74) is 0.0672. The first-order valence-corrected chi connectivity index (χ1v) is 8.31. The van der Waals surface area contributed by atoms with E-state index < -0.39 is 5.82 Å². The Balaban J connectivity index is 1.66. The van der Waals surface area contributed by atoms with Crippen LogP contribution in [0.25, 0.3) is 0 Å². The van der Waals surface area contributed by atoms with E-state index in [2.05, 4.69) is 21.2 Å². The molecule has 0 aliphatic heterocycles. The molecule has 1 N–H and O–H groups in total. The van der Waals surface area contributed by atoms with E-state index in [0.717, 1.165) is 19.3 Å². The zero-order valence-corrected chi connectivity index (χ0v) is 13.6. The van der Waals surface area contributed by atoms with Crippen LogP contribution in [0.5, 0.6) is 0 Å². The lowest BCUT2D eigenvalue weighted by atomic mass is 9.98. The van der Waals surface area contributed by atoms with Gasteiger partial charge in [-0.1, -0.05) is 35.2 Å². The summed E-state index contributed by atoms with van der Waals surface area (Å²) in [6, 6.07) is 4.35. The molecule has 0 atom stereocenters. The van der Waals surface area contributed by atoms with Crippen molar-refractivity contribution in [3.63, 3.8) is 0 Å². The Morgan fingerprint density at radius 2 is 2.10 bits per heavy atom. The van der Waals surface area contributed by atoms with Crippen molar-refractivity contribution in [2.45, 2.75) is 44.6 Å². The Kier molecular flexibility index (Phi) is 6.64. The van der Waals surface area contributed by atoms with Gasteiger partial charge in [0.15, 0.2) is 0 Å². The molecule has 1 aromatic carbocycles. The fraction of sp³-hybridized carbons (Fsp3) is 0.562. The van der Waals surface area contributed by atoms with Crippen molar-refractivity contribution in [3.05, 3.63) is 34.1 Å². The van der Waals surface area contributed by atoms with Crippen LogP contribution in [0.4, 0.5) is 4.39 Å². The average Bonchev–Trinajstić information content (AvgIpc) is 2.50. The van der Waals surface area contributed by atoms with E-state index in [9.17, 15) is 9.18 Å². The molecule has 2 rings (SSSR count). The molecule has 1 fully saturated rings. The minimum absolute atomic E-state index is 0.0672. The number of benzene rings is 1. The molecule has 1 amide bonds. The summed E-state index contributed by atoms with van der Waals surface area (Å²) >= 11 is 3.24. The van der Waals surface area contributed by atoms with Crippen molar-refractivity contribution in [2.75, 3.05) is 13.2 Å². The molecule has 1 aromatic rings. The molecule has 116 valence electrons. The van der Waals surface area contributed by atoms with Crippen molar-refractivity contribution >= 4 is 21.8 Å². The second-order valence-corrected chi connectivity index (χ2v) is 6.28. The van der Waals surface area contributed by atoms with Gasteiger partial charge in [0.1, 0.15) is 5.82 Å². The van der Waals surface area contributed by atoms with Crippen LogP contribution >= 0.6 is 15.9 Å². The highest BCUT2D eigenvalue weighted by atomic mass is 79.9. The van der Waals surface area contributed by atoms with E-state index in [-0.39, 0.29) is 11.5 Å². The van der Waals surface area contributed by atoms with Crippen molar-refractivity contribution in [1.29, 1.82) is 0 Å². The third kappa shape index (κ3) is 5.40. The highest BCUT2D eigenvalue weighted by Gasteiger charge is 2.14. The second-order valence-electron chi connectivity index (χ2n) is 5.36. The van der Waals surface area contributed by atoms with Gasteiger partial charge in [0, 0.05) is 17.6 Å². The molecule has 0 radical (unpaired) electrons. The molecule has 3 nitrogen and oxygen atoms in total. The zero-order valence-electron chi connectivity index (χ0n) is 12.0. The minimum atomic E-state index is -0.505. The molecule has 0 saturated heterocycles. The van der Waals surface area contributed by atoms with Crippen LogP contribution in [-0.2, 0) is 4.74 Å². The maximum Gasteiger partial charge on any atom is 0.254 e. The van der Waals surface area contributed by atoms with Gasteiger partial charge < -0.3 is 10.1 Å². The van der Waals surface area contributed by atoms with Crippen LogP contribution in [0.1, 0.15) is 48.9 Å². The van der Waals surface area contributed by atoms with Crippen molar-refractivity contribution in [1.82, 2.24) is 5.32 Å². The molecule has 1 aliphatic carbocycles. The van der Waals surface area contributed by atoms with Gasteiger partial charge in [-0.25, -0.2) is 4.39 Å². The largest absolute Gasteiger partial charge is 0.378 e. The maximum atomic E-state index is 13.5. The van der Waals surface area contributed by atoms with Crippen LogP contribution < -0.4 is 5.32 Å². The summed E-state index contributed by atoms with van der Waals surface area (Å²) in [6.07, 6.45) is 7.25. The Morgan fingerprint density at radius 1 is 1.33 bits per heavy atom. The predicted octanol–water partition coefficient (Wildman–Crippen LogP) is 4.06. The molecule has 0 heterocycles. The lowest BCUT2D eigenvalue weighted by molar-refractivity contribution is 0.0273. The number of amides is 1. The first-order chi connectivity index (χ1) is 10.2. The van der Waals surface area contributed by atoms with Crippen molar-refractivity contribution < 1.29 is 13.9 Å². The molecular formula is C16H21BrFNO2. The van der Waals surface area contributed by atoms with Crippen LogP contribution in [0.2, 0.25) is 0 Å². The normalized spacial score (nSPS) is 15.9. The first kappa shape index (κ1) is 16.4. The Bertz CT molecular complexity index is 475. The third-order valence-electron chi connectivity index (χ3n) is 3.69. The zero-order chi connectivity index (χ0) is 15.1. The second kappa shape index (κ2) is 8.49. The van der Waals surface area contributed by atoms with E-state index in [0.29, 0.717) is 23.7 Å². The van der Waals surface area contributed by atoms with Crippen molar-refractivity contribution in [2.24, 2.45) is 0 Å². The molecule has 1 aliphatic rings. The molecule has 21 heavy (non-hydrogen) atoms. The van der Waals surface area contributed by atoms with Crippen molar-refractivity contribution in [3.8, 4) is 0 Å². The fourth-order valence-corrected chi connectivity index (χ4v) is 2.88. The summed E-state index contributed by atoms with van der Waals surface area (Å²) in [7, 11) is 0. The van der Waals surface area contributed by atoms with Crippen LogP contribution in [0, 0.1) is 5.82 Å². The van der Waals surface area contributed by atoms with Gasteiger partial charge in [-0.3, -0.25) is 4.79 Å². The number of rotatable bonds is 6. The fourth-order valence-electron chi connectivity index (χ4n) is 2.52. The summed E-state index contributed by atoms with van der Waals surface area (Å²) in [4.78, 5) is 11.9. The SMILES string of the molecule is O=C(NCCCOC1CCCCC1)c1cc(Br)ccc1F. The molecule has 5 heteroatoms. The van der Waals surface area contributed by atoms with Crippen LogP contribution in [-0.4, -0.2) is 25.2 Å². The van der Waals surface area contributed by atoms with E-state index in [1.807, 2.05) is 0 Å². The Hall–Kier alpha value is -0.940. The Morgan fingerprint density at radius 3 is 2.86 bits per heavy atom. The summed E-state index contributed by atoms with van der Waals surface area (Å²) in [6.45, 7) is 1.14. The van der Waals surface area contributed by atoms with Gasteiger partial charge in [0.05, 0.1) is 11.7 Å². The lowest BCUT2D eigenvalue weighted by Gasteiger charge is -2.21. The monoisotopic (exact) mass is 357 g/mol. The average molecular weight is 358 g/mol. The number of carbonyl (C=O) groups is 1. The van der Waals surface area contributed by atoms with E-state index in [4.69, 9.17) is 4.74 Å². The maximum absolute atomic E-state index is 13.5. The van der Waals surface area contributed by atoms with Gasteiger partial charge in [0.2, 0.25) is 0 Å². The standard InChI is InChI=1S/C16H21BrFNO2/c17-12-7-8-15(18)14(11-12)16(20)19-9-4-10-21-13-5-2-1-3-6-13/h7-8,11,13H,1-6,9-10H2,(H,19,20). The molecule has 0 bridgehead atoms. The lowest BCUT2D eigenvalue weighted by Crippen LogP contribution is -2.27. The number of carbonyl (C=O) groups excluding carboxylic acids is 1. The van der Waals surface area contributed by atoms with E-state index in [1.165, 1.54) is 31.4 Å². The van der Waals surface area contributed by atoms with Crippen LogP contribution in [0.15, 0.2) is 22.7 Å². The number of hydrogen-bond acceptors (Lipinski definition) is 2. The van der Waals surface area contributed by atoms with E-state index >= 15 is 0 Å². The first-order valence-electron chi connectivity index (χ1n) is 7.51. The van der Waals surface area contributed by atoms with Gasteiger partial charge in [-0.15, -0.1) is 0 Å². The molecular weight excluding hydrogens is 337 g/mol. The number of ether oxygens (including phenoxy) is 1. The smallest absolute Gasteiger partial charge is 0.254 e. The Labute approximate surface area is 133 Å². The molecule has 0 spiro atoms. The molecule has 1 saturated carbocycles. The van der Waals surface area contributed by atoms with E-state index in [1.54, 1.807) is 6.07 Å². The molecule has 0 unspecified atom stereocenters. The number of halogens is 2. The topological polar surface area (TPSA) is 38.3 Å². The quantitative estimate of drug-likeness (QED) is 0.779. The van der Waals surface area contributed by atoms with Gasteiger partial charge in [-0.2, -0.15) is 0 Å². The predicted molar refractivity (Wildman–Crippen MR) is 83.9 cm³/mol. The van der Waals surface area contributed by atoms with Gasteiger partial charge in [0.25, 0.3) is 5.91 Å². The summed E-state index contributed by atoms with van der Waals surface area (Å²) < 4.78 is 20.0. The van der Waals surface area contributed by atoms with Gasteiger partial charge in [-0.05, 0) is 37.5 Å². The summed E-state index contributed by atoms with van der Waals surface area (Å²) in [5.74, 6) is -0.888. The minimum Gasteiger partial charge on any atom is -0.378 e. The van der Waals surface area contributed by atoms with Crippen LogP contribution in [0.3, 0.4) is 0 Å². The van der Waals surface area contributed by atoms with Gasteiger partial charge >= 0.3 is 0 Å². The summed E-state index contributed by atoms with van der Waals surface area (Å²) in [5, 5.41) is 2.72. The molecule has 0 aromatic heterocycles.